The van der Waals surface area contributed by atoms with Crippen LogP contribution in [0.1, 0.15) is 30.7 Å². The molecule has 122 valence electrons. The maximum Gasteiger partial charge on any atom is 0.180 e. The van der Waals surface area contributed by atoms with E-state index in [0.29, 0.717) is 17.6 Å². The number of aromatic nitrogens is 3. The molecule has 0 unspecified atom stereocenters. The fraction of sp³-hybridized carbons (Fsp3) is 0.250. The number of rotatable bonds is 5. The zero-order valence-corrected chi connectivity index (χ0v) is 14.1. The van der Waals surface area contributed by atoms with Gasteiger partial charge in [0, 0.05) is 18.2 Å². The highest BCUT2D eigenvalue weighted by molar-refractivity contribution is 5.55. The monoisotopic (exact) mass is 318 g/mol. The zero-order chi connectivity index (χ0) is 16.9. The summed E-state index contributed by atoms with van der Waals surface area (Å²) in [6.45, 7) is 4.37. The molecule has 3 aromatic rings. The molecule has 0 aliphatic heterocycles. The smallest absolute Gasteiger partial charge is 0.180 e. The predicted octanol–water partition coefficient (Wildman–Crippen LogP) is 3.91. The van der Waals surface area contributed by atoms with Gasteiger partial charge in [0.05, 0.1) is 5.69 Å². The Morgan fingerprint density at radius 3 is 2.38 bits per heavy atom. The second-order valence-electron chi connectivity index (χ2n) is 6.33. The highest BCUT2D eigenvalue weighted by atomic mass is 15.0. The molecule has 3 rings (SSSR count). The number of hydrogen-bond donors (Lipinski definition) is 1. The first-order valence-electron chi connectivity index (χ1n) is 8.24. The van der Waals surface area contributed by atoms with Crippen LogP contribution in [0.15, 0.2) is 54.7 Å². The second-order valence-corrected chi connectivity index (χ2v) is 6.33. The molecule has 2 aromatic heterocycles. The average Bonchev–Trinajstić information content (AvgIpc) is 2.59. The Hall–Kier alpha value is -2.75. The third-order valence-electron chi connectivity index (χ3n) is 3.84. The van der Waals surface area contributed by atoms with Crippen LogP contribution in [0, 0.1) is 5.92 Å². The van der Waals surface area contributed by atoms with Crippen LogP contribution in [0.2, 0.25) is 0 Å². The van der Waals surface area contributed by atoms with Gasteiger partial charge in [0.2, 0.25) is 0 Å². The lowest BCUT2D eigenvalue weighted by Gasteiger charge is -2.14. The maximum atomic E-state index is 6.30. The van der Waals surface area contributed by atoms with E-state index in [1.165, 1.54) is 5.56 Å². The third-order valence-corrected chi connectivity index (χ3v) is 3.84. The van der Waals surface area contributed by atoms with Crippen LogP contribution in [0.25, 0.3) is 11.5 Å². The molecular weight excluding hydrogens is 296 g/mol. The lowest BCUT2D eigenvalue weighted by atomic mass is 9.98. The lowest BCUT2D eigenvalue weighted by molar-refractivity contribution is 0.630. The molecule has 0 saturated carbocycles. The van der Waals surface area contributed by atoms with Crippen LogP contribution in [-0.4, -0.2) is 15.0 Å². The summed E-state index contributed by atoms with van der Waals surface area (Å²) in [7, 11) is 0. The minimum Gasteiger partial charge on any atom is -0.383 e. The van der Waals surface area contributed by atoms with Gasteiger partial charge in [-0.05, 0) is 30.0 Å². The van der Waals surface area contributed by atoms with Gasteiger partial charge in [0.1, 0.15) is 11.5 Å². The highest BCUT2D eigenvalue weighted by Gasteiger charge is 2.15. The first-order valence-corrected chi connectivity index (χ1v) is 8.24. The van der Waals surface area contributed by atoms with Crippen molar-refractivity contribution >= 4 is 5.82 Å². The largest absolute Gasteiger partial charge is 0.383 e. The van der Waals surface area contributed by atoms with E-state index in [0.717, 1.165) is 29.8 Å². The van der Waals surface area contributed by atoms with Crippen molar-refractivity contribution in [1.29, 1.82) is 0 Å². The minimum absolute atomic E-state index is 0.491. The second kappa shape index (κ2) is 7.21. The molecule has 4 heteroatoms. The molecule has 2 heterocycles. The summed E-state index contributed by atoms with van der Waals surface area (Å²) in [5.41, 5.74) is 10.3. The molecule has 0 radical (unpaired) electrons. The van der Waals surface area contributed by atoms with E-state index >= 15 is 0 Å². The van der Waals surface area contributed by atoms with Gasteiger partial charge in [-0.25, -0.2) is 9.97 Å². The topological polar surface area (TPSA) is 64.7 Å². The molecular formula is C20H22N4. The first kappa shape index (κ1) is 16.1. The Balaban J connectivity index is 2.04. The number of nitrogen functional groups attached to an aromatic ring is 1. The van der Waals surface area contributed by atoms with Crippen LogP contribution in [-0.2, 0) is 12.8 Å². The van der Waals surface area contributed by atoms with Crippen molar-refractivity contribution in [2.75, 3.05) is 5.73 Å². The normalized spacial score (nSPS) is 11.0. The maximum absolute atomic E-state index is 6.30. The molecule has 24 heavy (non-hydrogen) atoms. The number of nitrogens with two attached hydrogens (primary N) is 1. The van der Waals surface area contributed by atoms with Gasteiger partial charge in [-0.2, -0.15) is 0 Å². The molecule has 1 aromatic carbocycles. The molecule has 4 nitrogen and oxygen atoms in total. The summed E-state index contributed by atoms with van der Waals surface area (Å²) >= 11 is 0. The molecule has 0 atom stereocenters. The van der Waals surface area contributed by atoms with E-state index < -0.39 is 0 Å². The van der Waals surface area contributed by atoms with Crippen molar-refractivity contribution < 1.29 is 0 Å². The lowest BCUT2D eigenvalue weighted by Crippen LogP contribution is -2.11. The van der Waals surface area contributed by atoms with E-state index in [1.54, 1.807) is 6.20 Å². The van der Waals surface area contributed by atoms with E-state index in [9.17, 15) is 0 Å². The number of nitrogens with zero attached hydrogens (tertiary/aromatic N) is 3. The van der Waals surface area contributed by atoms with Crippen LogP contribution >= 0.6 is 0 Å². The van der Waals surface area contributed by atoms with Crippen molar-refractivity contribution in [2.24, 2.45) is 5.92 Å². The molecule has 0 amide bonds. The fourth-order valence-electron chi connectivity index (χ4n) is 2.71. The average molecular weight is 318 g/mol. The number of benzene rings is 1. The van der Waals surface area contributed by atoms with E-state index in [-0.39, 0.29) is 0 Å². The molecule has 2 N–H and O–H groups in total. The van der Waals surface area contributed by atoms with Crippen molar-refractivity contribution in [3.05, 3.63) is 71.5 Å². The molecule has 0 fully saturated rings. The number of anilines is 1. The van der Waals surface area contributed by atoms with Gasteiger partial charge in [-0.15, -0.1) is 0 Å². The third kappa shape index (κ3) is 3.77. The zero-order valence-electron chi connectivity index (χ0n) is 14.1. The summed E-state index contributed by atoms with van der Waals surface area (Å²) < 4.78 is 0. The quantitative estimate of drug-likeness (QED) is 0.774. The first-order chi connectivity index (χ1) is 11.6. The van der Waals surface area contributed by atoms with Gasteiger partial charge < -0.3 is 5.73 Å². The Morgan fingerprint density at radius 2 is 1.71 bits per heavy atom. The number of pyridine rings is 1. The Morgan fingerprint density at radius 1 is 0.958 bits per heavy atom. The highest BCUT2D eigenvalue weighted by Crippen LogP contribution is 2.24. The standard InChI is InChI=1S/C20H22N4/c1-14(2)12-18-16(13-15-8-4-3-5-9-15)19(21)24-20(23-18)17-10-6-7-11-22-17/h3-11,14H,12-13H2,1-2H3,(H2,21,23,24). The predicted molar refractivity (Wildman–Crippen MR) is 97.5 cm³/mol. The van der Waals surface area contributed by atoms with Gasteiger partial charge in [-0.1, -0.05) is 50.2 Å². The van der Waals surface area contributed by atoms with Gasteiger partial charge in [0.15, 0.2) is 5.82 Å². The Kier molecular flexibility index (Phi) is 4.85. The van der Waals surface area contributed by atoms with Gasteiger partial charge >= 0.3 is 0 Å². The SMILES string of the molecule is CC(C)Cc1nc(-c2ccccn2)nc(N)c1Cc1ccccc1. The van der Waals surface area contributed by atoms with Crippen molar-refractivity contribution in [3.63, 3.8) is 0 Å². The van der Waals surface area contributed by atoms with Crippen LogP contribution in [0.3, 0.4) is 0 Å². The molecule has 0 aliphatic rings. The molecule has 0 aliphatic carbocycles. The molecule has 0 saturated heterocycles. The number of hydrogen-bond acceptors (Lipinski definition) is 4. The molecule has 0 spiro atoms. The van der Waals surface area contributed by atoms with Crippen LogP contribution < -0.4 is 5.73 Å². The summed E-state index contributed by atoms with van der Waals surface area (Å²) in [5.74, 6) is 1.64. The van der Waals surface area contributed by atoms with E-state index in [1.807, 2.05) is 36.4 Å². The fourth-order valence-corrected chi connectivity index (χ4v) is 2.71. The van der Waals surface area contributed by atoms with Crippen molar-refractivity contribution in [2.45, 2.75) is 26.7 Å². The van der Waals surface area contributed by atoms with E-state index in [2.05, 4.69) is 35.9 Å². The van der Waals surface area contributed by atoms with E-state index in [4.69, 9.17) is 10.7 Å². The van der Waals surface area contributed by atoms with Crippen LogP contribution in [0.4, 0.5) is 5.82 Å². The Bertz CT molecular complexity index is 799. The minimum atomic E-state index is 0.491. The van der Waals surface area contributed by atoms with Crippen molar-refractivity contribution in [3.8, 4) is 11.5 Å². The summed E-state index contributed by atoms with van der Waals surface area (Å²) in [6.07, 6.45) is 3.36. The summed E-state index contributed by atoms with van der Waals surface area (Å²) in [4.78, 5) is 13.6. The van der Waals surface area contributed by atoms with Crippen LogP contribution in [0.5, 0.6) is 0 Å². The van der Waals surface area contributed by atoms with Gasteiger partial charge in [-0.3, -0.25) is 4.98 Å². The summed E-state index contributed by atoms with van der Waals surface area (Å²) in [6, 6.07) is 16.0. The molecule has 0 bridgehead atoms. The Labute approximate surface area is 142 Å². The van der Waals surface area contributed by atoms with Gasteiger partial charge in [0.25, 0.3) is 0 Å². The summed E-state index contributed by atoms with van der Waals surface area (Å²) in [5, 5.41) is 0. The van der Waals surface area contributed by atoms with Crippen molar-refractivity contribution in [1.82, 2.24) is 15.0 Å².